The van der Waals surface area contributed by atoms with E-state index in [-0.39, 0.29) is 30.7 Å². The van der Waals surface area contributed by atoms with Crippen LogP contribution in [0.25, 0.3) is 0 Å². The SMILES string of the molecule is CC(C)(C)[C@H](NC(=O)CC1CCCCC1)C(=O)N1C[C@@]2(CC(c3cccc(Cl)c3)=NO2)C[C@H]1C(=O)N[C@@H](CC1CC1)C(=O)C(N)=O. The minimum atomic E-state index is -1.12. The standard InChI is InChI=1S/C34H46ClN5O6/c1-33(2,3)29(38-27(41)15-20-8-5-4-6-9-20)32(45)40-19-34(17-25(39-46-34)22-10-7-11-23(35)16-22)18-26(40)31(44)37-24(14-21-12-13-21)28(42)30(36)43/h7,10-11,16,20-21,24,26,29H,4-6,8-9,12-15,17-19H2,1-3H3,(H2,36,43)(H,37,44)(H,38,41)/t24-,26-,29+,34+/m0/s1. The summed E-state index contributed by atoms with van der Waals surface area (Å²) in [6.07, 6.45) is 8.27. The van der Waals surface area contributed by atoms with E-state index in [0.717, 1.165) is 44.1 Å². The van der Waals surface area contributed by atoms with Gasteiger partial charge >= 0.3 is 0 Å². The van der Waals surface area contributed by atoms with E-state index in [4.69, 9.17) is 22.2 Å². The molecule has 2 aliphatic heterocycles. The number of oxime groups is 1. The van der Waals surface area contributed by atoms with Gasteiger partial charge in [0.1, 0.15) is 12.1 Å². The summed E-state index contributed by atoms with van der Waals surface area (Å²) in [7, 11) is 0. The number of nitrogens with two attached hydrogens (primary N) is 1. The summed E-state index contributed by atoms with van der Waals surface area (Å²) in [4.78, 5) is 73.7. The number of carbonyl (C=O) groups is 5. The second-order valence-corrected chi connectivity index (χ2v) is 15.2. The zero-order valence-corrected chi connectivity index (χ0v) is 27.7. The van der Waals surface area contributed by atoms with Gasteiger partial charge in [-0.2, -0.15) is 0 Å². The Kier molecular flexibility index (Phi) is 10.1. The fourth-order valence-electron chi connectivity index (χ4n) is 7.00. The lowest BCUT2D eigenvalue weighted by atomic mass is 9.84. The molecule has 46 heavy (non-hydrogen) atoms. The Labute approximate surface area is 275 Å². The summed E-state index contributed by atoms with van der Waals surface area (Å²) in [5.41, 5.74) is 5.05. The summed E-state index contributed by atoms with van der Waals surface area (Å²) in [5, 5.41) is 10.6. The monoisotopic (exact) mass is 655 g/mol. The van der Waals surface area contributed by atoms with Crippen molar-refractivity contribution in [3.8, 4) is 0 Å². The molecule has 11 nitrogen and oxygen atoms in total. The highest BCUT2D eigenvalue weighted by Gasteiger charge is 2.55. The highest BCUT2D eigenvalue weighted by Crippen LogP contribution is 2.41. The molecule has 2 heterocycles. The molecule has 12 heteroatoms. The first-order chi connectivity index (χ1) is 21.7. The number of benzene rings is 1. The van der Waals surface area contributed by atoms with Crippen LogP contribution in [0.1, 0.15) is 97.0 Å². The molecule has 250 valence electrons. The normalized spacial score (nSPS) is 24.6. The molecular formula is C34H46ClN5O6. The number of nitrogens with one attached hydrogen (secondary N) is 2. The van der Waals surface area contributed by atoms with Crippen molar-refractivity contribution in [3.63, 3.8) is 0 Å². The Bertz CT molecular complexity index is 1400. The predicted molar refractivity (Wildman–Crippen MR) is 173 cm³/mol. The van der Waals surface area contributed by atoms with Crippen LogP contribution in [0.3, 0.4) is 0 Å². The van der Waals surface area contributed by atoms with Gasteiger partial charge in [0.2, 0.25) is 23.5 Å². The number of amides is 4. The van der Waals surface area contributed by atoms with Gasteiger partial charge in [0, 0.05) is 29.8 Å². The molecule has 3 fully saturated rings. The lowest BCUT2D eigenvalue weighted by Crippen LogP contribution is -2.59. The van der Waals surface area contributed by atoms with E-state index in [9.17, 15) is 24.0 Å². The second kappa shape index (κ2) is 13.7. The van der Waals surface area contributed by atoms with Crippen molar-refractivity contribution in [3.05, 3.63) is 34.9 Å². The number of rotatable bonds is 11. The van der Waals surface area contributed by atoms with Crippen LogP contribution in [0.4, 0.5) is 0 Å². The lowest BCUT2D eigenvalue weighted by Gasteiger charge is -2.36. The van der Waals surface area contributed by atoms with Crippen molar-refractivity contribution >= 4 is 46.7 Å². The van der Waals surface area contributed by atoms with Crippen molar-refractivity contribution < 1.29 is 28.8 Å². The summed E-state index contributed by atoms with van der Waals surface area (Å²) in [6.45, 7) is 5.67. The number of primary amides is 1. The molecule has 1 aromatic carbocycles. The molecule has 0 unspecified atom stereocenters. The van der Waals surface area contributed by atoms with Gasteiger partial charge in [-0.1, -0.05) is 81.8 Å². The van der Waals surface area contributed by atoms with Gasteiger partial charge in [0.15, 0.2) is 5.60 Å². The Morgan fingerprint density at radius 3 is 2.41 bits per heavy atom. The fraction of sp³-hybridized carbons (Fsp3) is 0.647. The Balaban J connectivity index is 1.39. The van der Waals surface area contributed by atoms with E-state index in [0.29, 0.717) is 30.0 Å². The molecule has 1 saturated heterocycles. The van der Waals surface area contributed by atoms with Crippen LogP contribution in [-0.4, -0.2) is 70.3 Å². The first-order valence-electron chi connectivity index (χ1n) is 16.5. The maximum Gasteiger partial charge on any atom is 0.287 e. The number of likely N-dealkylation sites (tertiary alicyclic amines) is 1. The highest BCUT2D eigenvalue weighted by molar-refractivity contribution is 6.37. The molecular weight excluding hydrogens is 610 g/mol. The third-order valence-corrected chi connectivity index (χ3v) is 9.98. The molecule has 5 rings (SSSR count). The van der Waals surface area contributed by atoms with Crippen molar-refractivity contribution in [2.75, 3.05) is 6.54 Å². The first kappa shape index (κ1) is 33.9. The summed E-state index contributed by atoms with van der Waals surface area (Å²) >= 11 is 6.22. The van der Waals surface area contributed by atoms with Crippen LogP contribution in [0.15, 0.2) is 29.4 Å². The average Bonchev–Trinajstić information content (AvgIpc) is 3.60. The number of carbonyl (C=O) groups excluding carboxylic acids is 5. The molecule has 1 aromatic rings. The lowest BCUT2D eigenvalue weighted by molar-refractivity contribution is -0.145. The van der Waals surface area contributed by atoms with Crippen molar-refractivity contribution in [1.82, 2.24) is 15.5 Å². The van der Waals surface area contributed by atoms with Gasteiger partial charge in [-0.3, -0.25) is 24.0 Å². The zero-order valence-electron chi connectivity index (χ0n) is 27.0. The Morgan fingerprint density at radius 2 is 1.78 bits per heavy atom. The van der Waals surface area contributed by atoms with Gasteiger partial charge < -0.3 is 26.1 Å². The van der Waals surface area contributed by atoms with E-state index in [1.165, 1.54) is 11.3 Å². The van der Waals surface area contributed by atoms with Gasteiger partial charge in [0.05, 0.1) is 18.3 Å². The molecule has 0 bridgehead atoms. The topological polar surface area (TPSA) is 160 Å². The third kappa shape index (κ3) is 8.08. The second-order valence-electron chi connectivity index (χ2n) is 14.7. The van der Waals surface area contributed by atoms with Crippen LogP contribution in [0.2, 0.25) is 5.02 Å². The van der Waals surface area contributed by atoms with Crippen LogP contribution in [-0.2, 0) is 28.8 Å². The zero-order chi connectivity index (χ0) is 33.2. The number of ketones is 1. The van der Waals surface area contributed by atoms with Crippen LogP contribution in [0, 0.1) is 17.3 Å². The molecule has 4 amide bonds. The summed E-state index contributed by atoms with van der Waals surface area (Å²) in [6, 6.07) is 4.18. The molecule has 4 aliphatic rings. The predicted octanol–water partition coefficient (Wildman–Crippen LogP) is 3.64. The molecule has 4 atom stereocenters. The van der Waals surface area contributed by atoms with Crippen LogP contribution in [0.5, 0.6) is 0 Å². The van der Waals surface area contributed by atoms with Crippen molar-refractivity contribution in [1.29, 1.82) is 0 Å². The van der Waals surface area contributed by atoms with E-state index >= 15 is 0 Å². The first-order valence-corrected chi connectivity index (χ1v) is 16.9. The van der Waals surface area contributed by atoms with E-state index in [1.807, 2.05) is 32.9 Å². The quantitative estimate of drug-likeness (QED) is 0.309. The third-order valence-electron chi connectivity index (χ3n) is 9.74. The minimum absolute atomic E-state index is 0.0413. The smallest absolute Gasteiger partial charge is 0.287 e. The van der Waals surface area contributed by atoms with Gasteiger partial charge in [-0.15, -0.1) is 0 Å². The number of halogens is 1. The number of nitrogens with zero attached hydrogens (tertiary/aromatic N) is 2. The fourth-order valence-corrected chi connectivity index (χ4v) is 7.19. The highest BCUT2D eigenvalue weighted by atomic mass is 35.5. The summed E-state index contributed by atoms with van der Waals surface area (Å²) in [5.74, 6) is -2.65. The average molecular weight is 656 g/mol. The maximum absolute atomic E-state index is 14.5. The van der Waals surface area contributed by atoms with Gasteiger partial charge in [0.25, 0.3) is 5.91 Å². The maximum atomic E-state index is 14.5. The van der Waals surface area contributed by atoms with Gasteiger partial charge in [-0.25, -0.2) is 0 Å². The van der Waals surface area contributed by atoms with Crippen LogP contribution >= 0.6 is 11.6 Å². The molecule has 4 N–H and O–H groups in total. The molecule has 0 aromatic heterocycles. The number of hydrogen-bond donors (Lipinski definition) is 3. The van der Waals surface area contributed by atoms with Crippen LogP contribution < -0.4 is 16.4 Å². The van der Waals surface area contributed by atoms with E-state index < -0.39 is 52.6 Å². The molecule has 0 radical (unpaired) electrons. The molecule has 2 saturated carbocycles. The largest absolute Gasteiger partial charge is 0.387 e. The van der Waals surface area contributed by atoms with E-state index in [2.05, 4.69) is 15.8 Å². The Morgan fingerprint density at radius 1 is 1.07 bits per heavy atom. The summed E-state index contributed by atoms with van der Waals surface area (Å²) < 4.78 is 0. The van der Waals surface area contributed by atoms with Crippen molar-refractivity contribution in [2.24, 2.45) is 28.1 Å². The Hall–Kier alpha value is -3.47. The number of hydrogen-bond acceptors (Lipinski definition) is 7. The van der Waals surface area contributed by atoms with E-state index in [1.54, 1.807) is 12.1 Å². The number of Topliss-reactive ketones (excluding diaryl/α,β-unsaturated/α-hetero) is 1. The molecule has 2 aliphatic carbocycles. The van der Waals surface area contributed by atoms with Gasteiger partial charge in [-0.05, 0) is 48.6 Å². The minimum Gasteiger partial charge on any atom is -0.387 e. The molecule has 1 spiro atoms. The van der Waals surface area contributed by atoms with Crippen molar-refractivity contribution in [2.45, 2.75) is 115 Å².